The third kappa shape index (κ3) is 3.36. The molecule has 116 valence electrons. The Morgan fingerprint density at radius 1 is 0.565 bits per heavy atom. The monoisotopic (exact) mass is 410 g/mol. The number of hydrogen-bond donors (Lipinski definition) is 0. The minimum atomic E-state index is -3.45. The average Bonchev–Trinajstić information content (AvgIpc) is 2.62. The van der Waals surface area contributed by atoms with Crippen LogP contribution >= 0.6 is 0 Å². The molecule has 0 saturated heterocycles. The van der Waals surface area contributed by atoms with Crippen molar-refractivity contribution < 1.29 is 3.07 Å². The standard InChI is InChI=1S/3C6H5.C3H7O.Sn/c3*1-2-4-6-5-3-1;1-3(2)4;/h3*1-5H;3H,1-2H3;/q;;;-1;+1. The summed E-state index contributed by atoms with van der Waals surface area (Å²) < 4.78 is 10.9. The maximum atomic E-state index is 6.81. The van der Waals surface area contributed by atoms with Gasteiger partial charge in [-0.05, 0) is 0 Å². The van der Waals surface area contributed by atoms with E-state index in [1.165, 1.54) is 10.7 Å². The molecule has 2 heteroatoms. The van der Waals surface area contributed by atoms with Gasteiger partial charge in [-0.15, -0.1) is 0 Å². The maximum absolute atomic E-state index is 6.81. The predicted octanol–water partition coefficient (Wildman–Crippen LogP) is 3.08. The Hall–Kier alpha value is -1.58. The van der Waals surface area contributed by atoms with Crippen LogP contribution in [0, 0.1) is 0 Å². The summed E-state index contributed by atoms with van der Waals surface area (Å²) in [6.45, 7) is 4.28. The Balaban J connectivity index is 2.30. The van der Waals surface area contributed by atoms with Crippen LogP contribution < -0.4 is 10.7 Å². The molecule has 0 heterocycles. The van der Waals surface area contributed by atoms with Crippen molar-refractivity contribution >= 4 is 29.5 Å². The molecule has 0 bridgehead atoms. The zero-order valence-electron chi connectivity index (χ0n) is 13.6. The summed E-state index contributed by atoms with van der Waals surface area (Å²) in [5.41, 5.74) is 0. The first-order chi connectivity index (χ1) is 11.2. The van der Waals surface area contributed by atoms with Crippen molar-refractivity contribution in [3.05, 3.63) is 91.0 Å². The van der Waals surface area contributed by atoms with E-state index < -0.39 is 18.8 Å². The fraction of sp³-hybridized carbons (Fsp3) is 0.143. The van der Waals surface area contributed by atoms with Crippen LogP contribution in [0.1, 0.15) is 13.8 Å². The molecular formula is C21H22OSn. The van der Waals surface area contributed by atoms with Crippen molar-refractivity contribution in [2.24, 2.45) is 0 Å². The van der Waals surface area contributed by atoms with Crippen LogP contribution in [0.3, 0.4) is 0 Å². The van der Waals surface area contributed by atoms with Crippen LogP contribution in [0.25, 0.3) is 0 Å². The Labute approximate surface area is 143 Å². The molecule has 0 aromatic heterocycles. The molecule has 3 aromatic carbocycles. The van der Waals surface area contributed by atoms with Gasteiger partial charge in [-0.25, -0.2) is 0 Å². The summed E-state index contributed by atoms with van der Waals surface area (Å²) in [6, 6.07) is 32.4. The van der Waals surface area contributed by atoms with E-state index in [4.69, 9.17) is 3.07 Å². The minimum absolute atomic E-state index is 0.186. The van der Waals surface area contributed by atoms with Crippen LogP contribution in [0.15, 0.2) is 91.0 Å². The van der Waals surface area contributed by atoms with E-state index >= 15 is 0 Å². The van der Waals surface area contributed by atoms with Crippen molar-refractivity contribution in [3.63, 3.8) is 0 Å². The van der Waals surface area contributed by atoms with E-state index in [1.807, 2.05) is 0 Å². The van der Waals surface area contributed by atoms with E-state index in [0.29, 0.717) is 0 Å². The number of benzene rings is 3. The molecule has 3 rings (SSSR count). The first-order valence-corrected chi connectivity index (χ1v) is 13.5. The quantitative estimate of drug-likeness (QED) is 0.589. The van der Waals surface area contributed by atoms with Crippen molar-refractivity contribution in [1.29, 1.82) is 0 Å². The number of hydrogen-bond acceptors (Lipinski definition) is 1. The Kier molecular flexibility index (Phi) is 5.19. The molecular weight excluding hydrogens is 387 g/mol. The molecule has 1 nitrogen and oxygen atoms in total. The van der Waals surface area contributed by atoms with Gasteiger partial charge in [0.1, 0.15) is 0 Å². The van der Waals surface area contributed by atoms with Crippen LogP contribution in [0.4, 0.5) is 0 Å². The molecule has 0 unspecified atom stereocenters. The molecule has 0 aliphatic heterocycles. The van der Waals surface area contributed by atoms with Crippen molar-refractivity contribution in [2.45, 2.75) is 20.0 Å². The molecule has 3 aromatic rings. The van der Waals surface area contributed by atoms with Gasteiger partial charge in [0.15, 0.2) is 0 Å². The first-order valence-electron chi connectivity index (χ1n) is 8.08. The summed E-state index contributed by atoms with van der Waals surface area (Å²) >= 11 is -3.45. The van der Waals surface area contributed by atoms with Gasteiger partial charge < -0.3 is 0 Å². The second kappa shape index (κ2) is 7.33. The van der Waals surface area contributed by atoms with E-state index in [0.717, 1.165) is 0 Å². The van der Waals surface area contributed by atoms with Crippen LogP contribution in [-0.2, 0) is 3.07 Å². The summed E-state index contributed by atoms with van der Waals surface area (Å²) in [6.07, 6.45) is 0.186. The molecule has 0 fully saturated rings. The molecule has 0 aliphatic rings. The van der Waals surface area contributed by atoms with Crippen molar-refractivity contribution in [1.82, 2.24) is 0 Å². The average molecular weight is 409 g/mol. The zero-order chi connectivity index (χ0) is 16.1. The normalized spacial score (nSPS) is 11.6. The van der Waals surface area contributed by atoms with Crippen LogP contribution in [-0.4, -0.2) is 24.9 Å². The van der Waals surface area contributed by atoms with Gasteiger partial charge in [0, 0.05) is 0 Å². The third-order valence-electron chi connectivity index (χ3n) is 3.95. The Bertz CT molecular complexity index is 627. The predicted molar refractivity (Wildman–Crippen MR) is 100 cm³/mol. The fourth-order valence-corrected chi connectivity index (χ4v) is 14.8. The third-order valence-corrected chi connectivity index (χ3v) is 16.1. The molecule has 0 amide bonds. The van der Waals surface area contributed by atoms with Gasteiger partial charge in [0.25, 0.3) is 0 Å². The Morgan fingerprint density at radius 3 is 1.13 bits per heavy atom. The van der Waals surface area contributed by atoms with E-state index in [2.05, 4.69) is 105 Å². The van der Waals surface area contributed by atoms with Crippen LogP contribution in [0.5, 0.6) is 0 Å². The molecule has 0 aliphatic carbocycles. The van der Waals surface area contributed by atoms with Crippen LogP contribution in [0.2, 0.25) is 0 Å². The van der Waals surface area contributed by atoms with E-state index in [9.17, 15) is 0 Å². The molecule has 23 heavy (non-hydrogen) atoms. The summed E-state index contributed by atoms with van der Waals surface area (Å²) in [5.74, 6) is 0. The van der Waals surface area contributed by atoms with Gasteiger partial charge in [-0.3, -0.25) is 0 Å². The summed E-state index contributed by atoms with van der Waals surface area (Å²) in [7, 11) is 0. The second-order valence-corrected chi connectivity index (χ2v) is 15.5. The van der Waals surface area contributed by atoms with E-state index in [-0.39, 0.29) is 6.10 Å². The van der Waals surface area contributed by atoms with Gasteiger partial charge in [0.2, 0.25) is 0 Å². The van der Waals surface area contributed by atoms with E-state index in [1.54, 1.807) is 0 Å². The first kappa shape index (κ1) is 16.3. The summed E-state index contributed by atoms with van der Waals surface area (Å²) in [5, 5.41) is 0. The Morgan fingerprint density at radius 2 is 0.870 bits per heavy atom. The molecule has 0 spiro atoms. The summed E-state index contributed by atoms with van der Waals surface area (Å²) in [4.78, 5) is 0. The molecule has 0 atom stereocenters. The fourth-order valence-electron chi connectivity index (χ4n) is 3.08. The van der Waals surface area contributed by atoms with Crippen molar-refractivity contribution in [3.8, 4) is 0 Å². The molecule has 0 saturated carbocycles. The van der Waals surface area contributed by atoms with Crippen molar-refractivity contribution in [2.75, 3.05) is 0 Å². The number of rotatable bonds is 5. The van der Waals surface area contributed by atoms with Gasteiger partial charge >= 0.3 is 144 Å². The molecule has 0 radical (unpaired) electrons. The van der Waals surface area contributed by atoms with Gasteiger partial charge in [0.05, 0.1) is 0 Å². The van der Waals surface area contributed by atoms with Gasteiger partial charge in [-0.2, -0.15) is 0 Å². The molecule has 0 N–H and O–H groups in total. The second-order valence-electron chi connectivity index (χ2n) is 5.95. The van der Waals surface area contributed by atoms with Gasteiger partial charge in [-0.1, -0.05) is 0 Å². The zero-order valence-corrected chi connectivity index (χ0v) is 16.5. The topological polar surface area (TPSA) is 9.23 Å². The SMILES string of the molecule is CC(C)[O][Sn]([c]1ccccc1)([c]1ccccc1)[c]1ccccc1.